The molecule has 1 saturated carbocycles. The molecule has 0 radical (unpaired) electrons. The zero-order chi connectivity index (χ0) is 24.4. The Morgan fingerprint density at radius 3 is 2.64 bits per heavy atom. The molecule has 7 heteroatoms. The van der Waals surface area contributed by atoms with Crippen molar-refractivity contribution in [3.05, 3.63) is 41.2 Å². The van der Waals surface area contributed by atoms with E-state index < -0.39 is 5.82 Å². The third-order valence-corrected chi connectivity index (χ3v) is 7.20. The molecule has 1 aliphatic rings. The Bertz CT molecular complexity index is 776. The zero-order valence-electron chi connectivity index (χ0n) is 21.1. The van der Waals surface area contributed by atoms with E-state index in [1.165, 1.54) is 38.2 Å². The van der Waals surface area contributed by atoms with Crippen LogP contribution >= 0.6 is 11.6 Å². The molecule has 0 heterocycles. The zero-order valence-corrected chi connectivity index (χ0v) is 21.9. The molecule has 2 atom stereocenters. The van der Waals surface area contributed by atoms with Gasteiger partial charge in [-0.2, -0.15) is 5.11 Å². The Labute approximate surface area is 205 Å². The lowest BCUT2D eigenvalue weighted by Gasteiger charge is -2.30. The molecule has 1 aromatic carbocycles. The van der Waals surface area contributed by atoms with Crippen molar-refractivity contribution in [2.24, 2.45) is 15.8 Å². The summed E-state index contributed by atoms with van der Waals surface area (Å²) in [6, 6.07) is 5.51. The normalized spacial score (nSPS) is 17.2. The van der Waals surface area contributed by atoms with Gasteiger partial charge in [-0.25, -0.2) is 4.39 Å². The van der Waals surface area contributed by atoms with Crippen molar-refractivity contribution in [1.29, 1.82) is 0 Å². The summed E-state index contributed by atoms with van der Waals surface area (Å²) < 4.78 is 13.4. The number of benzene rings is 1. The summed E-state index contributed by atoms with van der Waals surface area (Å²) in [7, 11) is 1.94. The lowest BCUT2D eigenvalue weighted by Crippen LogP contribution is -2.36. The Morgan fingerprint density at radius 1 is 1.30 bits per heavy atom. The van der Waals surface area contributed by atoms with Crippen molar-refractivity contribution >= 4 is 17.3 Å². The van der Waals surface area contributed by atoms with E-state index in [4.69, 9.17) is 11.6 Å². The molecule has 0 amide bonds. The minimum Gasteiger partial charge on any atom is -0.378 e. The summed E-state index contributed by atoms with van der Waals surface area (Å²) in [5, 5.41) is 18.2. The Balaban J connectivity index is 1.78. The van der Waals surface area contributed by atoms with Crippen LogP contribution in [0, 0.1) is 11.2 Å². The second kappa shape index (κ2) is 13.3. The number of anilines is 1. The van der Waals surface area contributed by atoms with E-state index in [1.807, 2.05) is 19.0 Å². The fourth-order valence-electron chi connectivity index (χ4n) is 4.03. The number of nitrogens with one attached hydrogen (secondary N) is 2. The minimum atomic E-state index is -0.420. The predicted molar refractivity (Wildman–Crippen MR) is 138 cm³/mol. The lowest BCUT2D eigenvalue weighted by molar-refractivity contribution is 0.235. The summed E-state index contributed by atoms with van der Waals surface area (Å²) in [5.74, 6) is -0.420. The monoisotopic (exact) mass is 479 g/mol. The van der Waals surface area contributed by atoms with Gasteiger partial charge in [-0.1, -0.05) is 62.1 Å². The van der Waals surface area contributed by atoms with E-state index in [9.17, 15) is 4.39 Å². The first-order chi connectivity index (χ1) is 15.6. The van der Waals surface area contributed by atoms with E-state index in [1.54, 1.807) is 12.1 Å². The number of nitrogens with zero attached hydrogens (tertiary/aromatic N) is 3. The van der Waals surface area contributed by atoms with Crippen LogP contribution in [-0.2, 0) is 0 Å². The Kier molecular flexibility index (Phi) is 11.1. The van der Waals surface area contributed by atoms with E-state index in [0.29, 0.717) is 6.04 Å². The molecule has 1 aliphatic carbocycles. The summed E-state index contributed by atoms with van der Waals surface area (Å²) in [5.41, 5.74) is 1.85. The topological polar surface area (TPSA) is 52.0 Å². The highest BCUT2D eigenvalue weighted by Gasteiger charge is 2.26. The number of hydrogen-bond acceptors (Lipinski definition) is 4. The van der Waals surface area contributed by atoms with Gasteiger partial charge in [0.25, 0.3) is 0 Å². The van der Waals surface area contributed by atoms with Crippen molar-refractivity contribution in [2.75, 3.05) is 25.5 Å². The molecular weight excluding hydrogens is 437 g/mol. The lowest BCUT2D eigenvalue weighted by atomic mass is 9.82. The highest BCUT2D eigenvalue weighted by atomic mass is 35.5. The molecule has 1 fully saturated rings. The van der Waals surface area contributed by atoms with Gasteiger partial charge in [0, 0.05) is 31.4 Å². The molecule has 186 valence electrons. The molecule has 0 spiro atoms. The quantitative estimate of drug-likeness (QED) is 0.178. The van der Waals surface area contributed by atoms with Crippen LogP contribution in [-0.4, -0.2) is 43.3 Å². The number of halogens is 2. The highest BCUT2D eigenvalue weighted by Crippen LogP contribution is 2.28. The Hall–Kier alpha value is -1.66. The maximum atomic E-state index is 13.4. The van der Waals surface area contributed by atoms with Gasteiger partial charge in [-0.3, -0.25) is 5.01 Å². The second-order valence-electron chi connectivity index (χ2n) is 10.3. The van der Waals surface area contributed by atoms with Crippen molar-refractivity contribution in [3.8, 4) is 0 Å². The first-order valence-electron chi connectivity index (χ1n) is 12.3. The molecule has 2 N–H and O–H groups in total. The van der Waals surface area contributed by atoms with Crippen LogP contribution in [0.4, 0.5) is 10.1 Å². The smallest absolute Gasteiger partial charge is 0.141 e. The van der Waals surface area contributed by atoms with E-state index in [0.717, 1.165) is 37.2 Å². The summed E-state index contributed by atoms with van der Waals surface area (Å²) in [4.78, 5) is 0. The molecule has 0 bridgehead atoms. The van der Waals surface area contributed by atoms with Crippen LogP contribution in [0.3, 0.4) is 0 Å². The Morgan fingerprint density at radius 2 is 2.00 bits per heavy atom. The summed E-state index contributed by atoms with van der Waals surface area (Å²) >= 11 is 5.91. The van der Waals surface area contributed by atoms with Crippen molar-refractivity contribution in [3.63, 3.8) is 0 Å². The van der Waals surface area contributed by atoms with Gasteiger partial charge in [0.1, 0.15) is 5.82 Å². The van der Waals surface area contributed by atoms with Crippen molar-refractivity contribution in [2.45, 2.75) is 90.8 Å². The molecule has 2 unspecified atom stereocenters. The molecule has 0 aliphatic heterocycles. The number of hydrogen-bond donors (Lipinski definition) is 2. The molecule has 1 aromatic rings. The van der Waals surface area contributed by atoms with Crippen LogP contribution in [0.15, 0.2) is 40.7 Å². The third-order valence-electron chi connectivity index (χ3n) is 6.91. The van der Waals surface area contributed by atoms with E-state index in [-0.39, 0.29) is 22.5 Å². The third kappa shape index (κ3) is 9.62. The van der Waals surface area contributed by atoms with Gasteiger partial charge in [0.15, 0.2) is 0 Å². The van der Waals surface area contributed by atoms with E-state index >= 15 is 0 Å². The molecule has 0 saturated heterocycles. The first-order valence-corrected chi connectivity index (χ1v) is 12.7. The van der Waals surface area contributed by atoms with Crippen LogP contribution in [0.5, 0.6) is 0 Å². The molecule has 5 nitrogen and oxygen atoms in total. The molecule has 2 rings (SSSR count). The average Bonchev–Trinajstić information content (AvgIpc) is 2.77. The predicted octanol–water partition coefficient (Wildman–Crippen LogP) is 7.25. The van der Waals surface area contributed by atoms with E-state index in [2.05, 4.69) is 48.3 Å². The molecule has 33 heavy (non-hydrogen) atoms. The van der Waals surface area contributed by atoms with Crippen molar-refractivity contribution < 1.29 is 4.39 Å². The fraction of sp³-hybridized carbons (Fsp3) is 0.692. The van der Waals surface area contributed by atoms with Gasteiger partial charge < -0.3 is 10.6 Å². The van der Waals surface area contributed by atoms with Crippen molar-refractivity contribution in [1.82, 2.24) is 10.3 Å². The van der Waals surface area contributed by atoms with Crippen LogP contribution in [0.1, 0.15) is 72.6 Å². The minimum absolute atomic E-state index is 0.0314. The summed E-state index contributed by atoms with van der Waals surface area (Å²) in [6.45, 7) is 14.5. The second-order valence-corrected chi connectivity index (χ2v) is 10.7. The van der Waals surface area contributed by atoms with Crippen LogP contribution < -0.4 is 10.6 Å². The molecule has 0 aromatic heterocycles. The van der Waals surface area contributed by atoms with Gasteiger partial charge in [0.05, 0.1) is 11.1 Å². The average molecular weight is 480 g/mol. The van der Waals surface area contributed by atoms with Gasteiger partial charge >= 0.3 is 0 Å². The standard InChI is InChI=1S/C26H43ClFN5/c1-19(2)25(30-22-12-13-24(28)23(27)18-22)14-17-33(6)32-31-20(3)26(4,5)15-16-29-21-10-8-7-9-11-21/h12-13,18,20-21,25,29-30H,1,7-11,14-17H2,2-6H3/b32-31-. The number of rotatable bonds is 13. The van der Waals surface area contributed by atoms with Gasteiger partial charge in [-0.05, 0) is 69.7 Å². The highest BCUT2D eigenvalue weighted by molar-refractivity contribution is 6.31. The largest absolute Gasteiger partial charge is 0.378 e. The van der Waals surface area contributed by atoms with Gasteiger partial charge in [-0.15, -0.1) is 0 Å². The maximum absolute atomic E-state index is 13.4. The fourth-order valence-corrected chi connectivity index (χ4v) is 4.21. The molecular formula is C26H43ClFN5. The SMILES string of the molecule is C=C(C)C(CCN(C)/N=N\C(C)C(C)(C)CCNC1CCCCC1)Nc1ccc(F)c(Cl)c1. The maximum Gasteiger partial charge on any atom is 0.141 e. The van der Waals surface area contributed by atoms with Gasteiger partial charge in [0.2, 0.25) is 0 Å². The first kappa shape index (κ1) is 27.6. The van der Waals surface area contributed by atoms with Crippen LogP contribution in [0.2, 0.25) is 5.02 Å². The van der Waals surface area contributed by atoms with Crippen LogP contribution in [0.25, 0.3) is 0 Å². The summed E-state index contributed by atoms with van der Waals surface area (Å²) in [6.07, 6.45) is 8.61.